The summed E-state index contributed by atoms with van der Waals surface area (Å²) in [5.41, 5.74) is 0. The average Bonchev–Trinajstić information content (AvgIpc) is 1.68. The molecule has 0 heterocycles. The molecule has 5 heteroatoms. The zero-order valence-corrected chi connectivity index (χ0v) is 6.71. The molecule has 0 aromatic carbocycles. The second kappa shape index (κ2) is 6.94. The maximum atomic E-state index is 9.74. The van der Waals surface area contributed by atoms with Crippen LogP contribution in [-0.2, 0) is 14.3 Å². The second-order valence-electron chi connectivity index (χ2n) is 0.668. The number of rotatable bonds is 1. The van der Waals surface area contributed by atoms with E-state index in [0.717, 1.165) is 7.11 Å². The van der Waals surface area contributed by atoms with Crippen LogP contribution >= 0.6 is 0 Å². The second-order valence-corrected chi connectivity index (χ2v) is 0.668. The Labute approximate surface area is 69.9 Å². The van der Waals surface area contributed by atoms with Gasteiger partial charge in [0.15, 0.2) is 0 Å². The molecule has 0 rings (SSSR count). The molecule has 0 saturated heterocycles. The van der Waals surface area contributed by atoms with Gasteiger partial charge >= 0.3 is 42.2 Å². The Morgan fingerprint density at radius 2 is 2.25 bits per heavy atom. The predicted octanol–water partition coefficient (Wildman–Crippen LogP) is -2.96. The van der Waals surface area contributed by atoms with E-state index in [0.29, 0.717) is 0 Å². The van der Waals surface area contributed by atoms with E-state index in [1.165, 1.54) is 0 Å². The first-order valence-electron chi connectivity index (χ1n) is 1.49. The van der Waals surface area contributed by atoms with Crippen LogP contribution < -0.4 is 29.6 Å². The minimum Gasteiger partial charge on any atom is -1.00 e. The summed E-state index contributed by atoms with van der Waals surface area (Å²) >= 11 is 0. The van der Waals surface area contributed by atoms with Crippen LogP contribution in [0.25, 0.3) is 0 Å². The molecule has 0 fully saturated rings. The molecule has 0 bridgehead atoms. The Balaban J connectivity index is -0.000000180. The molecule has 0 saturated carbocycles. The fourth-order valence-corrected chi connectivity index (χ4v) is 0.0874. The smallest absolute Gasteiger partial charge is 1.00 e. The summed E-state index contributed by atoms with van der Waals surface area (Å²) in [4.78, 5) is 19.0. The Morgan fingerprint density at radius 3 is 2.38 bits per heavy atom. The van der Waals surface area contributed by atoms with Crippen LogP contribution in [0.5, 0.6) is 0 Å². The first kappa shape index (κ1) is 10.8. The van der Waals surface area contributed by atoms with Crippen LogP contribution in [-0.4, -0.2) is 19.7 Å². The molecule has 0 aromatic rings. The standard InChI is InChI=1S/C3H4O4.Na.H/c1-6-3(5)7-2-4;;/h2H,1H3;;/q;+1;-1. The third kappa shape index (κ3) is 5.94. The molecule has 0 aromatic heterocycles. The van der Waals surface area contributed by atoms with Gasteiger partial charge in [0.1, 0.15) is 0 Å². The maximum Gasteiger partial charge on any atom is 1.00 e. The maximum absolute atomic E-state index is 9.74. The minimum atomic E-state index is -0.991. The summed E-state index contributed by atoms with van der Waals surface area (Å²) in [5.74, 6) is 0. The van der Waals surface area contributed by atoms with Gasteiger partial charge in [0.25, 0.3) is 0 Å². The Hall–Kier alpha value is -0.0600. The predicted molar refractivity (Wildman–Crippen MR) is 20.7 cm³/mol. The van der Waals surface area contributed by atoms with Crippen molar-refractivity contribution in [2.75, 3.05) is 7.11 Å². The fraction of sp³-hybridized carbons (Fsp3) is 0.333. The zero-order valence-electron chi connectivity index (χ0n) is 5.71. The molecule has 0 spiro atoms. The van der Waals surface area contributed by atoms with E-state index in [9.17, 15) is 9.59 Å². The zero-order chi connectivity index (χ0) is 5.70. The third-order valence-corrected chi connectivity index (χ3v) is 0.311. The van der Waals surface area contributed by atoms with Crippen LogP contribution in [0.4, 0.5) is 4.79 Å². The number of hydrogen-bond acceptors (Lipinski definition) is 4. The van der Waals surface area contributed by atoms with E-state index in [-0.39, 0.29) is 37.5 Å². The fourth-order valence-electron chi connectivity index (χ4n) is 0.0874. The number of carbonyl (C=O) groups is 2. The summed E-state index contributed by atoms with van der Waals surface area (Å²) < 4.78 is 7.55. The molecule has 0 amide bonds. The molecule has 0 aliphatic carbocycles. The van der Waals surface area contributed by atoms with Crippen molar-refractivity contribution >= 4 is 12.6 Å². The van der Waals surface area contributed by atoms with Crippen molar-refractivity contribution in [1.82, 2.24) is 0 Å². The molecular weight excluding hydrogens is 123 g/mol. The SMILES string of the molecule is COC(=O)OC=O.[H-].[Na+]. The monoisotopic (exact) mass is 128 g/mol. The first-order chi connectivity index (χ1) is 3.31. The van der Waals surface area contributed by atoms with Crippen LogP contribution in [0, 0.1) is 0 Å². The van der Waals surface area contributed by atoms with Gasteiger partial charge in [-0.05, 0) is 0 Å². The van der Waals surface area contributed by atoms with Crippen LogP contribution in [0.3, 0.4) is 0 Å². The molecule has 0 unspecified atom stereocenters. The van der Waals surface area contributed by atoms with Gasteiger partial charge in [0.05, 0.1) is 7.11 Å². The number of methoxy groups -OCH3 is 1. The molecule has 0 aliphatic rings. The summed E-state index contributed by atoms with van der Waals surface area (Å²) in [6, 6.07) is 0. The largest absolute Gasteiger partial charge is 1.00 e. The quantitative estimate of drug-likeness (QED) is 0.164. The van der Waals surface area contributed by atoms with Gasteiger partial charge in [0.2, 0.25) is 0 Å². The van der Waals surface area contributed by atoms with Gasteiger partial charge in [-0.3, -0.25) is 4.79 Å². The molecule has 4 nitrogen and oxygen atoms in total. The number of ether oxygens (including phenoxy) is 2. The first-order valence-corrected chi connectivity index (χ1v) is 1.49. The Bertz CT molecular complexity index is 85.9. The van der Waals surface area contributed by atoms with E-state index in [1.807, 2.05) is 0 Å². The molecule has 8 heavy (non-hydrogen) atoms. The van der Waals surface area contributed by atoms with Crippen molar-refractivity contribution in [3.05, 3.63) is 0 Å². The van der Waals surface area contributed by atoms with Gasteiger partial charge in [-0.1, -0.05) is 0 Å². The van der Waals surface area contributed by atoms with Crippen LogP contribution in [0.1, 0.15) is 1.43 Å². The van der Waals surface area contributed by atoms with Crippen molar-refractivity contribution in [3.63, 3.8) is 0 Å². The minimum absolute atomic E-state index is 0. The normalized spacial score (nSPS) is 6.12. The van der Waals surface area contributed by atoms with Gasteiger partial charge < -0.3 is 10.9 Å². The average molecular weight is 128 g/mol. The van der Waals surface area contributed by atoms with Crippen molar-refractivity contribution in [3.8, 4) is 0 Å². The third-order valence-electron chi connectivity index (χ3n) is 0.311. The van der Waals surface area contributed by atoms with Gasteiger partial charge in [-0.25, -0.2) is 4.79 Å². The summed E-state index contributed by atoms with van der Waals surface area (Å²) in [5, 5.41) is 0. The Morgan fingerprint density at radius 1 is 1.75 bits per heavy atom. The van der Waals surface area contributed by atoms with E-state index < -0.39 is 6.16 Å². The molecule has 0 N–H and O–H groups in total. The van der Waals surface area contributed by atoms with E-state index in [2.05, 4.69) is 9.47 Å². The molecular formula is C3H5NaO4. The van der Waals surface area contributed by atoms with Crippen molar-refractivity contribution in [2.45, 2.75) is 0 Å². The molecule has 42 valence electrons. The van der Waals surface area contributed by atoms with Crippen molar-refractivity contribution in [1.29, 1.82) is 0 Å². The molecule has 0 atom stereocenters. The van der Waals surface area contributed by atoms with E-state index in [4.69, 9.17) is 0 Å². The van der Waals surface area contributed by atoms with Gasteiger partial charge in [0, 0.05) is 0 Å². The Kier molecular flexibility index (Phi) is 9.40. The van der Waals surface area contributed by atoms with E-state index >= 15 is 0 Å². The van der Waals surface area contributed by atoms with Crippen molar-refractivity contribution in [2.24, 2.45) is 0 Å². The van der Waals surface area contributed by atoms with Crippen molar-refractivity contribution < 1.29 is 50.0 Å². The molecule has 0 radical (unpaired) electrons. The summed E-state index contributed by atoms with van der Waals surface area (Å²) in [6.07, 6.45) is -0.991. The summed E-state index contributed by atoms with van der Waals surface area (Å²) in [6.45, 7) is 0.00579. The number of carbonyl (C=O) groups excluding carboxylic acids is 2. The molecule has 0 aliphatic heterocycles. The van der Waals surface area contributed by atoms with Crippen LogP contribution in [0.15, 0.2) is 0 Å². The number of hydrogen-bond donors (Lipinski definition) is 0. The van der Waals surface area contributed by atoms with E-state index in [1.54, 1.807) is 0 Å². The van der Waals surface area contributed by atoms with Gasteiger partial charge in [-0.15, -0.1) is 0 Å². The van der Waals surface area contributed by atoms with Gasteiger partial charge in [-0.2, -0.15) is 0 Å². The van der Waals surface area contributed by atoms with Crippen LogP contribution in [0.2, 0.25) is 0 Å². The topological polar surface area (TPSA) is 52.6 Å². The summed E-state index contributed by atoms with van der Waals surface area (Å²) in [7, 11) is 1.12.